The first-order chi connectivity index (χ1) is 47.1. The Morgan fingerprint density at radius 1 is 0.323 bits per heavy atom. The van der Waals surface area contributed by atoms with Crippen molar-refractivity contribution in [3.63, 3.8) is 0 Å². The van der Waals surface area contributed by atoms with Crippen LogP contribution < -0.4 is 5.11 Å². The summed E-state index contributed by atoms with van der Waals surface area (Å²) in [6.45, 7) is 4.62. The number of carbonyl (C=O) groups is 3. The quantitative estimate of drug-likeness (QED) is 0.0195. The number of unbranched alkanes of at least 4 members (excludes halogenated alkanes) is 39. The molecule has 0 bridgehead atoms. The van der Waals surface area contributed by atoms with Crippen molar-refractivity contribution >= 4 is 17.9 Å². The number of rotatable bonds is 74. The van der Waals surface area contributed by atoms with Crippen LogP contribution in [0.25, 0.3) is 0 Å². The molecule has 2 atom stereocenters. The Morgan fingerprint density at radius 3 is 0.885 bits per heavy atom. The van der Waals surface area contributed by atoms with E-state index in [9.17, 15) is 19.5 Å². The predicted octanol–water partition coefficient (Wildman–Crippen LogP) is 24.5. The van der Waals surface area contributed by atoms with Crippen LogP contribution in [0.5, 0.6) is 0 Å². The van der Waals surface area contributed by atoms with Gasteiger partial charge in [0.1, 0.15) is 13.2 Å². The average molecular weight is 1340 g/mol. The molecule has 0 aromatic carbocycles. The SMILES string of the molecule is CC/C=C\C/C=C\C/C=C\C/C=C\C/C=C\C/C=C\C/C=C\C/C=C\C/C=C\C/C=C\CCCCC(=O)OC(COC(=O)CCCCCCCCCCCCCCCCCCCCCCCCCCCCCCCCCCCCCCCC)COC(OCC[N+](C)(C)C)C(=O)[O-]. The Hall–Kier alpha value is -4.31. The largest absolute Gasteiger partial charge is 0.545 e. The highest BCUT2D eigenvalue weighted by Crippen LogP contribution is 2.19. The van der Waals surface area contributed by atoms with E-state index in [0.29, 0.717) is 17.4 Å². The number of esters is 2. The van der Waals surface area contributed by atoms with Crippen LogP contribution in [0.2, 0.25) is 0 Å². The zero-order chi connectivity index (χ0) is 69.7. The van der Waals surface area contributed by atoms with Gasteiger partial charge in [-0.3, -0.25) is 9.59 Å². The molecular weight excluding hydrogens is 1190 g/mol. The van der Waals surface area contributed by atoms with Crippen LogP contribution in [0.4, 0.5) is 0 Å². The highest BCUT2D eigenvalue weighted by atomic mass is 16.7. The second-order valence-corrected chi connectivity index (χ2v) is 28.0. The summed E-state index contributed by atoms with van der Waals surface area (Å²) in [5.41, 5.74) is 0. The second-order valence-electron chi connectivity index (χ2n) is 28.0. The number of hydrogen-bond donors (Lipinski definition) is 0. The molecule has 0 saturated carbocycles. The normalized spacial score (nSPS) is 13.3. The summed E-state index contributed by atoms with van der Waals surface area (Å²) in [6.07, 6.45) is 106. The lowest BCUT2D eigenvalue weighted by molar-refractivity contribution is -0.870. The Bertz CT molecular complexity index is 2000. The van der Waals surface area contributed by atoms with Crippen LogP contribution in [0.1, 0.15) is 354 Å². The van der Waals surface area contributed by atoms with Gasteiger partial charge in [0.2, 0.25) is 0 Å². The first kappa shape index (κ1) is 91.7. The lowest BCUT2D eigenvalue weighted by atomic mass is 10.0. The topological polar surface area (TPSA) is 111 Å². The molecule has 552 valence electrons. The molecule has 0 saturated heterocycles. The molecule has 0 aromatic heterocycles. The van der Waals surface area contributed by atoms with Crippen LogP contribution >= 0.6 is 0 Å². The van der Waals surface area contributed by atoms with Gasteiger partial charge in [-0.25, -0.2) is 0 Å². The number of hydrogen-bond acceptors (Lipinski definition) is 8. The van der Waals surface area contributed by atoms with Crippen molar-refractivity contribution in [3.05, 3.63) is 122 Å². The highest BCUT2D eigenvalue weighted by Gasteiger charge is 2.22. The van der Waals surface area contributed by atoms with Crippen LogP contribution in [0.3, 0.4) is 0 Å². The van der Waals surface area contributed by atoms with Gasteiger partial charge in [-0.2, -0.15) is 0 Å². The molecule has 0 aliphatic heterocycles. The van der Waals surface area contributed by atoms with Gasteiger partial charge in [0.05, 0.1) is 40.3 Å². The summed E-state index contributed by atoms with van der Waals surface area (Å²) in [5, 5.41) is 11.9. The molecule has 96 heavy (non-hydrogen) atoms. The van der Waals surface area contributed by atoms with Crippen molar-refractivity contribution in [1.29, 1.82) is 0 Å². The fraction of sp³-hybridized carbons (Fsp3) is 0.736. The summed E-state index contributed by atoms with van der Waals surface area (Å²) in [5.74, 6) is -2.34. The van der Waals surface area contributed by atoms with Crippen molar-refractivity contribution in [2.75, 3.05) is 47.5 Å². The maximum absolute atomic E-state index is 12.9. The summed E-state index contributed by atoms with van der Waals surface area (Å²) >= 11 is 0. The van der Waals surface area contributed by atoms with E-state index in [4.69, 9.17) is 18.9 Å². The van der Waals surface area contributed by atoms with E-state index >= 15 is 0 Å². The molecule has 0 rings (SSSR count). The molecule has 0 amide bonds. The number of ether oxygens (including phenoxy) is 4. The number of aliphatic carboxylic acids is 1. The molecule has 0 fully saturated rings. The molecule has 0 radical (unpaired) electrons. The molecule has 0 spiro atoms. The monoisotopic (exact) mass is 1340 g/mol. The Kier molecular flexibility index (Phi) is 73.0. The van der Waals surface area contributed by atoms with Crippen LogP contribution in [-0.2, 0) is 33.3 Å². The summed E-state index contributed by atoms with van der Waals surface area (Å²) in [7, 11) is 5.92. The van der Waals surface area contributed by atoms with E-state index in [0.717, 1.165) is 96.3 Å². The van der Waals surface area contributed by atoms with Crippen LogP contribution in [0, 0.1) is 0 Å². The first-order valence-corrected chi connectivity index (χ1v) is 40.2. The van der Waals surface area contributed by atoms with E-state index in [2.05, 4.69) is 135 Å². The number of likely N-dealkylation sites (N-methyl/N-ethyl adjacent to an activating group) is 1. The van der Waals surface area contributed by atoms with Crippen LogP contribution in [0.15, 0.2) is 122 Å². The van der Waals surface area contributed by atoms with Gasteiger partial charge in [0, 0.05) is 12.8 Å². The number of carboxylic acid groups (broad SMARTS) is 1. The molecule has 0 N–H and O–H groups in total. The van der Waals surface area contributed by atoms with Crippen molar-refractivity contribution in [2.24, 2.45) is 0 Å². The molecule has 0 aliphatic carbocycles. The number of allylic oxidation sites excluding steroid dienone is 20. The van der Waals surface area contributed by atoms with Crippen molar-refractivity contribution in [1.82, 2.24) is 0 Å². The van der Waals surface area contributed by atoms with Gasteiger partial charge in [-0.1, -0.05) is 373 Å². The van der Waals surface area contributed by atoms with Gasteiger partial charge in [0.15, 0.2) is 12.4 Å². The summed E-state index contributed by atoms with van der Waals surface area (Å²) < 4.78 is 22.8. The van der Waals surface area contributed by atoms with Crippen molar-refractivity contribution in [2.45, 2.75) is 367 Å². The lowest BCUT2D eigenvalue weighted by Gasteiger charge is -2.26. The van der Waals surface area contributed by atoms with E-state index in [1.54, 1.807) is 0 Å². The van der Waals surface area contributed by atoms with E-state index < -0.39 is 24.3 Å². The Morgan fingerprint density at radius 2 is 0.594 bits per heavy atom. The smallest absolute Gasteiger partial charge is 0.306 e. The molecule has 2 unspecified atom stereocenters. The third kappa shape index (κ3) is 77.0. The number of carboxylic acids is 1. The average Bonchev–Trinajstić information content (AvgIpc) is 2.40. The number of carbonyl (C=O) groups excluding carboxylic acids is 3. The van der Waals surface area contributed by atoms with E-state index in [-0.39, 0.29) is 38.6 Å². The Labute approximate surface area is 593 Å². The fourth-order valence-corrected chi connectivity index (χ4v) is 11.4. The van der Waals surface area contributed by atoms with Gasteiger partial charge < -0.3 is 33.3 Å². The number of quaternary nitrogens is 1. The standard InChI is InChI=1S/C87H151NO8/c1-6-8-10-12-14-16-18-20-22-24-26-28-30-32-34-36-38-40-41-42-43-44-46-47-49-51-53-55-57-59-61-63-65-67-69-71-73-75-77-84(89)94-81-83(82-95-87(86(91)92)93-80-79-88(3,4)5)96-85(90)78-76-74-72-70-68-66-64-62-60-58-56-54-52-50-48-45-39-37-35-33-31-29-27-25-23-21-19-17-15-13-11-9-7-2/h9,11,15,17,21,23,27,29,33,35,39,45,50,52,56,58,62,64,68,70,83,87H,6-8,10,12-14,16,18-20,22,24-26,28,30-32,34,36-38,40-44,46-49,51,53-55,57,59-61,63,65-67,69,71-82H2,1-5H3/b11-9-,17-15-,23-21-,29-27-,35-33-,45-39-,52-50-,58-56-,64-62-,70-68-. The molecule has 0 aliphatic rings. The van der Waals surface area contributed by atoms with Gasteiger partial charge in [-0.15, -0.1) is 0 Å². The maximum atomic E-state index is 12.9. The first-order valence-electron chi connectivity index (χ1n) is 40.2. The van der Waals surface area contributed by atoms with Gasteiger partial charge in [-0.05, 0) is 89.9 Å². The summed E-state index contributed by atoms with van der Waals surface area (Å²) in [6, 6.07) is 0. The molecule has 0 heterocycles. The van der Waals surface area contributed by atoms with E-state index in [1.807, 2.05) is 21.1 Å². The fourth-order valence-electron chi connectivity index (χ4n) is 11.4. The molecule has 9 nitrogen and oxygen atoms in total. The van der Waals surface area contributed by atoms with E-state index in [1.165, 1.54) is 225 Å². The number of nitrogens with zero attached hydrogens (tertiary/aromatic N) is 1. The van der Waals surface area contributed by atoms with Crippen molar-refractivity contribution < 1.29 is 42.9 Å². The lowest BCUT2D eigenvalue weighted by Crippen LogP contribution is -2.44. The minimum absolute atomic E-state index is 0.134. The zero-order valence-corrected chi connectivity index (χ0v) is 63.2. The Balaban J connectivity index is 4.09. The molecule has 9 heteroatoms. The van der Waals surface area contributed by atoms with Gasteiger partial charge >= 0.3 is 11.9 Å². The summed E-state index contributed by atoms with van der Waals surface area (Å²) in [4.78, 5) is 37.6. The predicted molar refractivity (Wildman–Crippen MR) is 412 cm³/mol. The third-order valence-electron chi connectivity index (χ3n) is 17.5. The minimum atomic E-state index is -1.64. The van der Waals surface area contributed by atoms with Gasteiger partial charge in [0.25, 0.3) is 0 Å². The minimum Gasteiger partial charge on any atom is -0.545 e. The van der Waals surface area contributed by atoms with Crippen LogP contribution in [-0.4, -0.2) is 82.3 Å². The molecular formula is C87H151NO8. The molecule has 0 aromatic rings. The highest BCUT2D eigenvalue weighted by molar-refractivity contribution is 5.70. The second kappa shape index (κ2) is 76.4. The van der Waals surface area contributed by atoms with Crippen molar-refractivity contribution in [3.8, 4) is 0 Å². The maximum Gasteiger partial charge on any atom is 0.306 e. The third-order valence-corrected chi connectivity index (χ3v) is 17.5. The zero-order valence-electron chi connectivity index (χ0n) is 63.2.